The summed E-state index contributed by atoms with van der Waals surface area (Å²) >= 11 is 0.766. The van der Waals surface area contributed by atoms with Gasteiger partial charge in [0.05, 0.1) is 0 Å². The number of anilines is 2. The molecule has 1 aliphatic carbocycles. The molecule has 0 unspecified atom stereocenters. The maximum atomic E-state index is 12.6. The second kappa shape index (κ2) is 8.50. The standard InChI is InChI=1S/C21H22N6OS.Sn/c1-13(9-22)17-10-23-20-19(24-14(2)11-27(17)20)26-18-8-15(12-29-18)21(28)25-16-6-4-3-5-7-16;/h1,8-12,16H,3-7H2,2H3,(H,24,26)(H,25,28);/q-1;+1. The number of amides is 1. The van der Waals surface area contributed by atoms with Crippen LogP contribution in [-0.4, -0.2) is 53.9 Å². The van der Waals surface area contributed by atoms with E-state index in [1.807, 2.05) is 37.0 Å². The van der Waals surface area contributed by atoms with Gasteiger partial charge in [0.1, 0.15) is 0 Å². The molecule has 1 aliphatic heterocycles. The summed E-state index contributed by atoms with van der Waals surface area (Å²) in [7, 11) is 0. The fraction of sp³-hybridized carbons (Fsp3) is 0.333. The summed E-state index contributed by atoms with van der Waals surface area (Å²) in [4.78, 5) is 21.9. The zero-order valence-corrected chi connectivity index (χ0v) is 20.4. The number of nitrogens with one attached hydrogen (secondary N) is 2. The summed E-state index contributed by atoms with van der Waals surface area (Å²) < 4.78 is 8.77. The topological polar surface area (TPSA) is 83.7 Å². The van der Waals surface area contributed by atoms with Crippen LogP contribution < -0.4 is 10.6 Å². The minimum absolute atomic E-state index is 0.00852. The van der Waals surface area contributed by atoms with Gasteiger partial charge in [0.15, 0.2) is 0 Å². The van der Waals surface area contributed by atoms with Crippen LogP contribution in [0.25, 0.3) is 11.2 Å². The molecule has 0 spiro atoms. The van der Waals surface area contributed by atoms with Crippen molar-refractivity contribution in [1.82, 2.24) is 19.7 Å². The fourth-order valence-electron chi connectivity index (χ4n) is 3.95. The van der Waals surface area contributed by atoms with E-state index in [1.165, 1.54) is 30.6 Å². The molecule has 1 saturated carbocycles. The molecule has 2 N–H and O–H groups in total. The summed E-state index contributed by atoms with van der Waals surface area (Å²) in [5.41, 5.74) is 4.54. The molecule has 1 fully saturated rings. The van der Waals surface area contributed by atoms with E-state index in [2.05, 4.69) is 32.3 Å². The van der Waals surface area contributed by atoms with E-state index >= 15 is 0 Å². The second-order valence-corrected chi connectivity index (χ2v) is 10.9. The number of carbonyl (C=O) groups excluding carboxylic acids is 1. The number of nitrogens with zero attached hydrogens (tertiary/aromatic N) is 4. The molecule has 0 bridgehead atoms. The monoisotopic (exact) mass is 526 g/mol. The van der Waals surface area contributed by atoms with E-state index < -0.39 is 21.4 Å². The average molecular weight is 525 g/mol. The molecule has 30 heavy (non-hydrogen) atoms. The molecule has 3 aromatic rings. The maximum absolute atomic E-state index is 12.6. The number of allylic oxidation sites excluding steroid dienone is 1. The molecule has 2 radical (unpaired) electrons. The normalized spacial score (nSPS) is 16.8. The number of fused-ring (bicyclic) bond motifs is 1. The Bertz CT molecular complexity index is 1160. The van der Waals surface area contributed by atoms with Gasteiger partial charge >= 0.3 is 152 Å². The molecule has 3 aromatic heterocycles. The SMILES string of the molecule is Cc1cn2c(C3=[CH][Sn][N]=C3)cnc2c(Nc2cc(C(=O)NC3CCCCC3)cs2)n1. The number of aromatic nitrogens is 3. The van der Waals surface area contributed by atoms with E-state index in [4.69, 9.17) is 0 Å². The Morgan fingerprint density at radius 2 is 2.17 bits per heavy atom. The van der Waals surface area contributed by atoms with Crippen LogP contribution in [0.15, 0.2) is 31.1 Å². The molecular weight excluding hydrogens is 503 g/mol. The number of carbonyl (C=O) groups is 1. The van der Waals surface area contributed by atoms with Crippen molar-refractivity contribution in [3.05, 3.63) is 44.9 Å². The third-order valence-corrected chi connectivity index (χ3v) is 8.35. The van der Waals surface area contributed by atoms with Crippen molar-refractivity contribution in [2.75, 3.05) is 5.32 Å². The average Bonchev–Trinajstić information content (AvgIpc) is 3.49. The van der Waals surface area contributed by atoms with Gasteiger partial charge < -0.3 is 0 Å². The Kier molecular flexibility index (Phi) is 5.60. The quantitative estimate of drug-likeness (QED) is 0.495. The molecular formula is C21H22N6OSSn. The third kappa shape index (κ3) is 4.02. The summed E-state index contributed by atoms with van der Waals surface area (Å²) in [5.74, 6) is 0.701. The molecule has 2 aliphatic rings. The molecule has 5 rings (SSSR count). The minimum atomic E-state index is -0.741. The third-order valence-electron chi connectivity index (χ3n) is 5.45. The van der Waals surface area contributed by atoms with Crippen molar-refractivity contribution in [3.8, 4) is 0 Å². The first kappa shape index (κ1) is 19.7. The molecule has 152 valence electrons. The van der Waals surface area contributed by atoms with Gasteiger partial charge in [-0.15, -0.1) is 0 Å². The summed E-state index contributed by atoms with van der Waals surface area (Å²) in [6.45, 7) is 1.97. The van der Waals surface area contributed by atoms with Gasteiger partial charge in [0, 0.05) is 6.04 Å². The van der Waals surface area contributed by atoms with Crippen LogP contribution in [-0.2, 0) is 0 Å². The Hall–Kier alpha value is -2.20. The van der Waals surface area contributed by atoms with E-state index in [1.54, 1.807) is 0 Å². The van der Waals surface area contributed by atoms with Gasteiger partial charge in [-0.2, -0.15) is 0 Å². The van der Waals surface area contributed by atoms with Crippen molar-refractivity contribution in [1.29, 1.82) is 0 Å². The van der Waals surface area contributed by atoms with Gasteiger partial charge in [-0.3, -0.25) is 0 Å². The van der Waals surface area contributed by atoms with Crippen LogP contribution in [0.5, 0.6) is 0 Å². The zero-order chi connectivity index (χ0) is 20.5. The number of hydrogen-bond acceptors (Lipinski definition) is 6. The summed E-state index contributed by atoms with van der Waals surface area (Å²) in [6, 6.07) is 2.20. The number of thiophene rings is 1. The van der Waals surface area contributed by atoms with Crippen LogP contribution in [0.2, 0.25) is 0 Å². The Balaban J connectivity index is 1.37. The van der Waals surface area contributed by atoms with Crippen molar-refractivity contribution < 1.29 is 4.79 Å². The van der Waals surface area contributed by atoms with Crippen molar-refractivity contribution in [3.63, 3.8) is 0 Å². The van der Waals surface area contributed by atoms with Crippen LogP contribution in [0.3, 0.4) is 0 Å². The molecule has 0 atom stereocenters. The van der Waals surface area contributed by atoms with Crippen molar-refractivity contribution in [2.45, 2.75) is 45.1 Å². The molecule has 1 amide bonds. The van der Waals surface area contributed by atoms with Crippen LogP contribution in [0.4, 0.5) is 10.8 Å². The van der Waals surface area contributed by atoms with Crippen LogP contribution in [0.1, 0.15) is 53.8 Å². The van der Waals surface area contributed by atoms with E-state index in [9.17, 15) is 4.79 Å². The predicted octanol–water partition coefficient (Wildman–Crippen LogP) is 3.95. The molecule has 7 nitrogen and oxygen atoms in total. The van der Waals surface area contributed by atoms with E-state index in [0.29, 0.717) is 17.4 Å². The first-order chi connectivity index (χ1) is 14.7. The van der Waals surface area contributed by atoms with Gasteiger partial charge in [-0.25, -0.2) is 0 Å². The summed E-state index contributed by atoms with van der Waals surface area (Å²) in [5, 5.41) is 9.33. The van der Waals surface area contributed by atoms with Gasteiger partial charge in [0.25, 0.3) is 0 Å². The van der Waals surface area contributed by atoms with Gasteiger partial charge in [-0.05, 0) is 12.8 Å². The number of imidazole rings is 1. The Morgan fingerprint density at radius 3 is 2.97 bits per heavy atom. The second-order valence-electron chi connectivity index (χ2n) is 7.69. The first-order valence-corrected chi connectivity index (χ1v) is 14.0. The van der Waals surface area contributed by atoms with E-state index in [-0.39, 0.29) is 5.91 Å². The van der Waals surface area contributed by atoms with E-state index in [0.717, 1.165) is 40.5 Å². The Labute approximate surface area is 189 Å². The number of rotatable bonds is 5. The zero-order valence-electron chi connectivity index (χ0n) is 16.7. The molecule has 9 heteroatoms. The van der Waals surface area contributed by atoms with Crippen LogP contribution in [0, 0.1) is 6.92 Å². The predicted molar refractivity (Wildman–Crippen MR) is 122 cm³/mol. The molecule has 0 aromatic carbocycles. The Morgan fingerprint density at radius 1 is 1.30 bits per heavy atom. The number of hydrogen-bond donors (Lipinski definition) is 2. The van der Waals surface area contributed by atoms with Gasteiger partial charge in [-0.1, -0.05) is 19.3 Å². The van der Waals surface area contributed by atoms with Crippen molar-refractivity contribution >= 4 is 66.9 Å². The molecule has 0 saturated heterocycles. The fourth-order valence-corrected chi connectivity index (χ4v) is 6.58. The first-order valence-electron chi connectivity index (χ1n) is 10.2. The van der Waals surface area contributed by atoms with Gasteiger partial charge in [0.2, 0.25) is 0 Å². The number of aryl methyl sites for hydroxylation is 1. The van der Waals surface area contributed by atoms with Crippen molar-refractivity contribution in [2.24, 2.45) is 3.21 Å². The summed E-state index contributed by atoms with van der Waals surface area (Å²) in [6.07, 6.45) is 11.7. The van der Waals surface area contributed by atoms with Crippen LogP contribution >= 0.6 is 11.3 Å². The molecule has 4 heterocycles.